The van der Waals surface area contributed by atoms with Gasteiger partial charge in [-0.1, -0.05) is 42.8 Å². The lowest BCUT2D eigenvalue weighted by Crippen LogP contribution is -2.30. The average Bonchev–Trinajstić information content (AvgIpc) is 2.28. The van der Waals surface area contributed by atoms with E-state index in [-0.39, 0.29) is 0 Å². The van der Waals surface area contributed by atoms with Gasteiger partial charge in [0, 0.05) is 6.04 Å². The Morgan fingerprint density at radius 2 is 2.00 bits per heavy atom. The van der Waals surface area contributed by atoms with Gasteiger partial charge in [-0.25, -0.2) is 0 Å². The summed E-state index contributed by atoms with van der Waals surface area (Å²) in [6.45, 7) is 9.81. The molecule has 0 heterocycles. The Morgan fingerprint density at radius 3 is 2.59 bits per heavy atom. The van der Waals surface area contributed by atoms with Crippen molar-refractivity contribution in [3.05, 3.63) is 47.0 Å². The molecule has 1 N–H and O–H groups in total. The van der Waals surface area contributed by atoms with Crippen LogP contribution in [0, 0.1) is 6.92 Å². The number of hydrogen-bond acceptors (Lipinski definition) is 1. The number of nitrogens with one attached hydrogen (secondary N) is 1. The summed E-state index contributed by atoms with van der Waals surface area (Å²) >= 11 is 0. The number of allylic oxidation sites excluding steroid dienone is 1. The van der Waals surface area contributed by atoms with E-state index in [2.05, 4.69) is 63.4 Å². The van der Waals surface area contributed by atoms with Crippen molar-refractivity contribution in [2.24, 2.45) is 0 Å². The van der Waals surface area contributed by atoms with Gasteiger partial charge in [0.1, 0.15) is 0 Å². The maximum atomic E-state index is 3.60. The fraction of sp³-hybridized carbons (Fsp3) is 0.500. The van der Waals surface area contributed by atoms with Crippen molar-refractivity contribution < 1.29 is 0 Å². The van der Waals surface area contributed by atoms with Crippen molar-refractivity contribution in [3.8, 4) is 0 Å². The van der Waals surface area contributed by atoms with E-state index in [0.717, 1.165) is 13.0 Å². The van der Waals surface area contributed by atoms with Crippen LogP contribution in [-0.4, -0.2) is 12.6 Å². The van der Waals surface area contributed by atoms with Crippen molar-refractivity contribution in [1.29, 1.82) is 0 Å². The lowest BCUT2D eigenvalue weighted by atomic mass is 10.00. The highest BCUT2D eigenvalue weighted by Gasteiger charge is 2.07. The Bertz CT molecular complexity index is 362. The minimum atomic E-state index is 0.459. The molecule has 0 saturated heterocycles. The minimum absolute atomic E-state index is 0.459. The van der Waals surface area contributed by atoms with Crippen LogP contribution < -0.4 is 5.32 Å². The predicted molar refractivity (Wildman–Crippen MR) is 76.4 cm³/mol. The molecule has 1 aromatic rings. The van der Waals surface area contributed by atoms with Crippen LogP contribution in [0.3, 0.4) is 0 Å². The number of benzene rings is 1. The smallest absolute Gasteiger partial charge is 0.0292 e. The largest absolute Gasteiger partial charge is 0.310 e. The third kappa shape index (κ3) is 5.18. The van der Waals surface area contributed by atoms with Gasteiger partial charge in [-0.05, 0) is 51.3 Å². The highest BCUT2D eigenvalue weighted by atomic mass is 14.9. The summed E-state index contributed by atoms with van der Waals surface area (Å²) in [6.07, 6.45) is 4.60. The molecule has 1 rings (SSSR count). The van der Waals surface area contributed by atoms with Crippen LogP contribution in [-0.2, 0) is 6.42 Å². The molecule has 17 heavy (non-hydrogen) atoms. The van der Waals surface area contributed by atoms with E-state index in [9.17, 15) is 0 Å². The molecule has 0 saturated carbocycles. The van der Waals surface area contributed by atoms with Gasteiger partial charge in [-0.15, -0.1) is 0 Å². The zero-order chi connectivity index (χ0) is 12.7. The summed E-state index contributed by atoms with van der Waals surface area (Å²) in [7, 11) is 0. The second-order valence-electron chi connectivity index (χ2n) is 4.94. The van der Waals surface area contributed by atoms with Gasteiger partial charge in [0.25, 0.3) is 0 Å². The average molecular weight is 231 g/mol. The van der Waals surface area contributed by atoms with Crippen LogP contribution in [0.15, 0.2) is 35.9 Å². The standard InChI is InChI=1S/C16H25N/c1-5-10-17-16(11-13(2)3)12-15-9-7-6-8-14(15)4/h6-9,11,16-17H,5,10,12H2,1-4H3. The molecule has 0 fully saturated rings. The maximum Gasteiger partial charge on any atom is 0.0292 e. The number of hydrogen-bond donors (Lipinski definition) is 1. The van der Waals surface area contributed by atoms with Crippen molar-refractivity contribution in [1.82, 2.24) is 5.32 Å². The fourth-order valence-corrected chi connectivity index (χ4v) is 2.00. The minimum Gasteiger partial charge on any atom is -0.310 e. The Morgan fingerprint density at radius 1 is 1.29 bits per heavy atom. The molecule has 0 aromatic heterocycles. The van der Waals surface area contributed by atoms with Gasteiger partial charge in [0.15, 0.2) is 0 Å². The van der Waals surface area contributed by atoms with Crippen LogP contribution in [0.1, 0.15) is 38.3 Å². The van der Waals surface area contributed by atoms with Crippen LogP contribution in [0.25, 0.3) is 0 Å². The maximum absolute atomic E-state index is 3.60. The van der Waals surface area contributed by atoms with E-state index in [4.69, 9.17) is 0 Å². The van der Waals surface area contributed by atoms with Crippen molar-refractivity contribution >= 4 is 0 Å². The second kappa shape index (κ2) is 7.29. The summed E-state index contributed by atoms with van der Waals surface area (Å²) in [6, 6.07) is 9.11. The quantitative estimate of drug-likeness (QED) is 0.733. The van der Waals surface area contributed by atoms with E-state index in [0.29, 0.717) is 6.04 Å². The van der Waals surface area contributed by atoms with Gasteiger partial charge in [-0.3, -0.25) is 0 Å². The summed E-state index contributed by atoms with van der Waals surface area (Å²) in [4.78, 5) is 0. The molecular formula is C16H25N. The number of aryl methyl sites for hydroxylation is 1. The first-order valence-electron chi connectivity index (χ1n) is 6.56. The van der Waals surface area contributed by atoms with Crippen molar-refractivity contribution in [2.75, 3.05) is 6.54 Å². The van der Waals surface area contributed by atoms with Gasteiger partial charge >= 0.3 is 0 Å². The Hall–Kier alpha value is -1.08. The third-order valence-corrected chi connectivity index (χ3v) is 2.89. The molecule has 0 aliphatic rings. The molecular weight excluding hydrogens is 206 g/mol. The van der Waals surface area contributed by atoms with E-state index in [1.165, 1.54) is 23.1 Å². The van der Waals surface area contributed by atoms with Crippen LogP contribution in [0.5, 0.6) is 0 Å². The first-order valence-corrected chi connectivity index (χ1v) is 6.56. The first kappa shape index (κ1) is 14.0. The van der Waals surface area contributed by atoms with E-state index < -0.39 is 0 Å². The van der Waals surface area contributed by atoms with Gasteiger partial charge in [0.2, 0.25) is 0 Å². The fourth-order valence-electron chi connectivity index (χ4n) is 2.00. The Kier molecular flexibility index (Phi) is 5.99. The second-order valence-corrected chi connectivity index (χ2v) is 4.94. The van der Waals surface area contributed by atoms with Crippen molar-refractivity contribution in [2.45, 2.75) is 46.6 Å². The zero-order valence-corrected chi connectivity index (χ0v) is 11.6. The zero-order valence-electron chi connectivity index (χ0n) is 11.6. The topological polar surface area (TPSA) is 12.0 Å². The highest BCUT2D eigenvalue weighted by molar-refractivity contribution is 5.27. The van der Waals surface area contributed by atoms with Gasteiger partial charge in [0.05, 0.1) is 0 Å². The molecule has 1 atom stereocenters. The molecule has 1 nitrogen and oxygen atoms in total. The molecule has 0 radical (unpaired) electrons. The molecule has 0 bridgehead atoms. The molecule has 0 aliphatic carbocycles. The van der Waals surface area contributed by atoms with Crippen LogP contribution in [0.4, 0.5) is 0 Å². The van der Waals surface area contributed by atoms with Crippen LogP contribution in [0.2, 0.25) is 0 Å². The van der Waals surface area contributed by atoms with E-state index >= 15 is 0 Å². The SMILES string of the molecule is CCCNC(C=C(C)C)Cc1ccccc1C. The summed E-state index contributed by atoms with van der Waals surface area (Å²) in [5.74, 6) is 0. The monoisotopic (exact) mass is 231 g/mol. The van der Waals surface area contributed by atoms with E-state index in [1.54, 1.807) is 0 Å². The molecule has 1 heteroatoms. The van der Waals surface area contributed by atoms with E-state index in [1.807, 2.05) is 0 Å². The molecule has 0 spiro atoms. The summed E-state index contributed by atoms with van der Waals surface area (Å²) in [5, 5.41) is 3.60. The predicted octanol–water partition coefficient (Wildman–Crippen LogP) is 3.87. The normalized spacial score (nSPS) is 12.2. The van der Waals surface area contributed by atoms with Crippen molar-refractivity contribution in [3.63, 3.8) is 0 Å². The van der Waals surface area contributed by atoms with Gasteiger partial charge < -0.3 is 5.32 Å². The molecule has 94 valence electrons. The Labute approximate surface area is 106 Å². The number of rotatable bonds is 6. The molecule has 1 unspecified atom stereocenters. The molecule has 0 aliphatic heterocycles. The molecule has 1 aromatic carbocycles. The van der Waals surface area contributed by atoms with Gasteiger partial charge in [-0.2, -0.15) is 0 Å². The molecule has 0 amide bonds. The summed E-state index contributed by atoms with van der Waals surface area (Å²) < 4.78 is 0. The summed E-state index contributed by atoms with van der Waals surface area (Å²) in [5.41, 5.74) is 4.21. The third-order valence-electron chi connectivity index (χ3n) is 2.89. The lowest BCUT2D eigenvalue weighted by Gasteiger charge is -2.17. The van der Waals surface area contributed by atoms with Crippen LogP contribution >= 0.6 is 0 Å². The first-order chi connectivity index (χ1) is 8.13. The lowest BCUT2D eigenvalue weighted by molar-refractivity contribution is 0.581. The Balaban J connectivity index is 2.72. The highest BCUT2D eigenvalue weighted by Crippen LogP contribution is 2.11.